The highest BCUT2D eigenvalue weighted by Crippen LogP contribution is 2.10. The van der Waals surface area contributed by atoms with Gasteiger partial charge in [0.1, 0.15) is 5.69 Å². The summed E-state index contributed by atoms with van der Waals surface area (Å²) < 4.78 is 0. The number of H-pyrrole nitrogens is 1. The van der Waals surface area contributed by atoms with Crippen molar-refractivity contribution in [2.45, 2.75) is 6.92 Å². The number of rotatable bonds is 0. The number of aryl methyl sites for hydroxylation is 1. The van der Waals surface area contributed by atoms with E-state index in [1.165, 1.54) is 12.1 Å². The van der Waals surface area contributed by atoms with E-state index in [9.17, 15) is 14.4 Å². The van der Waals surface area contributed by atoms with Crippen molar-refractivity contribution in [2.24, 2.45) is 0 Å². The number of nitrogens with one attached hydrogen (secondary N) is 1. The summed E-state index contributed by atoms with van der Waals surface area (Å²) >= 11 is 0. The van der Waals surface area contributed by atoms with Gasteiger partial charge in [-0.05, 0) is 19.1 Å². The fourth-order valence-electron chi connectivity index (χ4n) is 1.44. The smallest absolute Gasteiger partial charge is 0.203 e. The van der Waals surface area contributed by atoms with Crippen molar-refractivity contribution in [3.63, 3.8) is 0 Å². The van der Waals surface area contributed by atoms with Crippen LogP contribution in [0.15, 0.2) is 23.0 Å². The molecule has 2 rings (SSSR count). The normalized spacial score (nSPS) is 14.4. The van der Waals surface area contributed by atoms with Gasteiger partial charge in [-0.25, -0.2) is 0 Å². The van der Waals surface area contributed by atoms with E-state index in [-0.39, 0.29) is 17.0 Å². The lowest BCUT2D eigenvalue weighted by molar-refractivity contribution is 0.0989. The third kappa shape index (κ3) is 1.12. The molecule has 0 unspecified atom stereocenters. The fourth-order valence-corrected chi connectivity index (χ4v) is 1.44. The van der Waals surface area contributed by atoms with Crippen molar-refractivity contribution in [2.75, 3.05) is 0 Å². The van der Waals surface area contributed by atoms with Crippen molar-refractivity contribution in [3.8, 4) is 0 Å². The van der Waals surface area contributed by atoms with E-state index in [0.29, 0.717) is 5.69 Å². The molecule has 0 amide bonds. The number of aromatic nitrogens is 1. The second-order valence-corrected chi connectivity index (χ2v) is 3.13. The molecule has 1 heterocycles. The first kappa shape index (κ1) is 8.62. The fraction of sp³-hybridized carbons (Fsp3) is 0.100. The number of hydrogen-bond acceptors (Lipinski definition) is 3. The first-order valence-corrected chi connectivity index (χ1v) is 4.10. The molecule has 0 saturated carbocycles. The van der Waals surface area contributed by atoms with E-state index >= 15 is 0 Å². The molecule has 0 atom stereocenters. The number of aromatic amines is 1. The summed E-state index contributed by atoms with van der Waals surface area (Å²) in [6, 6.07) is 1.31. The summed E-state index contributed by atoms with van der Waals surface area (Å²) in [4.78, 5) is 36.8. The summed E-state index contributed by atoms with van der Waals surface area (Å²) in [7, 11) is 0. The molecule has 14 heavy (non-hydrogen) atoms. The molecule has 0 saturated heterocycles. The largest absolute Gasteiger partial charge is 0.355 e. The van der Waals surface area contributed by atoms with Crippen LogP contribution in [0.5, 0.6) is 0 Å². The van der Waals surface area contributed by atoms with Crippen LogP contribution in [-0.2, 0) is 0 Å². The molecule has 1 N–H and O–H groups in total. The minimum Gasteiger partial charge on any atom is -0.355 e. The topological polar surface area (TPSA) is 67.0 Å². The van der Waals surface area contributed by atoms with Gasteiger partial charge in [-0.3, -0.25) is 14.4 Å². The van der Waals surface area contributed by atoms with Crippen molar-refractivity contribution in [1.29, 1.82) is 0 Å². The molecule has 0 radical (unpaired) electrons. The van der Waals surface area contributed by atoms with Crippen molar-refractivity contribution in [3.05, 3.63) is 45.4 Å². The predicted octanol–water partition coefficient (Wildman–Crippen LogP) is 0.619. The predicted molar refractivity (Wildman–Crippen MR) is 49.6 cm³/mol. The van der Waals surface area contributed by atoms with Gasteiger partial charge in [0.15, 0.2) is 11.2 Å². The Balaban J connectivity index is 2.85. The summed E-state index contributed by atoms with van der Waals surface area (Å²) in [6.07, 6.45) is 2.29. The van der Waals surface area contributed by atoms with E-state index in [4.69, 9.17) is 0 Å². The molecule has 0 bridgehead atoms. The second-order valence-electron chi connectivity index (χ2n) is 3.13. The number of fused-ring (bicyclic) bond motifs is 1. The first-order chi connectivity index (χ1) is 6.59. The zero-order valence-corrected chi connectivity index (χ0v) is 7.46. The Kier molecular flexibility index (Phi) is 1.70. The number of allylic oxidation sites excluding steroid dienone is 2. The van der Waals surface area contributed by atoms with Gasteiger partial charge in [-0.1, -0.05) is 0 Å². The van der Waals surface area contributed by atoms with Gasteiger partial charge in [-0.2, -0.15) is 0 Å². The number of carbonyl (C=O) groups excluding carboxylic acids is 2. The molecular formula is C10H7NO3. The molecular weight excluding hydrogens is 182 g/mol. The summed E-state index contributed by atoms with van der Waals surface area (Å²) in [5, 5.41) is 0. The van der Waals surface area contributed by atoms with Crippen LogP contribution >= 0.6 is 0 Å². The van der Waals surface area contributed by atoms with Gasteiger partial charge >= 0.3 is 0 Å². The van der Waals surface area contributed by atoms with Crippen LogP contribution in [0.4, 0.5) is 0 Å². The third-order valence-corrected chi connectivity index (χ3v) is 2.05. The lowest BCUT2D eigenvalue weighted by Gasteiger charge is -2.08. The Bertz CT molecular complexity index is 523. The van der Waals surface area contributed by atoms with Crippen LogP contribution in [0.25, 0.3) is 0 Å². The van der Waals surface area contributed by atoms with Gasteiger partial charge in [0, 0.05) is 11.8 Å². The monoisotopic (exact) mass is 189 g/mol. The lowest BCUT2D eigenvalue weighted by atomic mass is 9.99. The molecule has 0 aromatic carbocycles. The van der Waals surface area contributed by atoms with Crippen LogP contribution in [0, 0.1) is 6.92 Å². The molecule has 0 aliphatic heterocycles. The van der Waals surface area contributed by atoms with Crippen LogP contribution < -0.4 is 5.43 Å². The summed E-state index contributed by atoms with van der Waals surface area (Å²) in [6.45, 7) is 1.66. The highest BCUT2D eigenvalue weighted by molar-refractivity contribution is 6.21. The minimum absolute atomic E-state index is 0.0527. The van der Waals surface area contributed by atoms with Gasteiger partial charge in [0.05, 0.1) is 5.56 Å². The Morgan fingerprint density at radius 2 is 1.71 bits per heavy atom. The third-order valence-electron chi connectivity index (χ3n) is 2.05. The van der Waals surface area contributed by atoms with Crippen molar-refractivity contribution in [1.82, 2.24) is 4.98 Å². The van der Waals surface area contributed by atoms with Crippen molar-refractivity contribution < 1.29 is 9.59 Å². The number of pyridine rings is 1. The number of hydrogen-bond donors (Lipinski definition) is 1. The molecule has 0 fully saturated rings. The summed E-state index contributed by atoms with van der Waals surface area (Å²) in [5.74, 6) is -0.749. The lowest BCUT2D eigenvalue weighted by Crippen LogP contribution is -2.23. The van der Waals surface area contributed by atoms with Gasteiger partial charge in [0.2, 0.25) is 5.78 Å². The van der Waals surface area contributed by atoms with E-state index in [1.54, 1.807) is 6.92 Å². The molecule has 4 nitrogen and oxygen atoms in total. The molecule has 1 aromatic rings. The minimum atomic E-state index is -0.416. The molecule has 1 aliphatic rings. The number of carbonyl (C=O) groups is 2. The zero-order valence-electron chi connectivity index (χ0n) is 7.46. The van der Waals surface area contributed by atoms with E-state index in [2.05, 4.69) is 4.98 Å². The van der Waals surface area contributed by atoms with Crippen molar-refractivity contribution >= 4 is 11.6 Å². The highest BCUT2D eigenvalue weighted by Gasteiger charge is 2.22. The molecule has 0 spiro atoms. The standard InChI is InChI=1S/C10H7NO3/c1-5-4-8(14)9-6(12)2-3-7(13)10(9)11-5/h2-4H,1H3,(H,11,14). The van der Waals surface area contributed by atoms with E-state index in [0.717, 1.165) is 6.08 Å². The quantitative estimate of drug-likeness (QED) is 0.650. The first-order valence-electron chi connectivity index (χ1n) is 4.10. The van der Waals surface area contributed by atoms with E-state index in [1.807, 2.05) is 0 Å². The molecule has 1 aliphatic carbocycles. The van der Waals surface area contributed by atoms with Gasteiger partial charge in [-0.15, -0.1) is 0 Å². The maximum atomic E-state index is 11.4. The molecule has 1 aromatic heterocycles. The van der Waals surface area contributed by atoms with Crippen LogP contribution in [0.3, 0.4) is 0 Å². The Morgan fingerprint density at radius 3 is 2.43 bits per heavy atom. The Morgan fingerprint density at radius 1 is 1.07 bits per heavy atom. The van der Waals surface area contributed by atoms with Gasteiger partial charge < -0.3 is 4.98 Å². The average Bonchev–Trinajstić information content (AvgIpc) is 2.10. The maximum absolute atomic E-state index is 11.4. The average molecular weight is 189 g/mol. The Labute approximate surface area is 79.3 Å². The maximum Gasteiger partial charge on any atom is 0.203 e. The highest BCUT2D eigenvalue weighted by atomic mass is 16.1. The SMILES string of the molecule is Cc1cc(=O)c2c([nH]1)C(=O)C=CC2=O. The zero-order chi connectivity index (χ0) is 10.3. The van der Waals surface area contributed by atoms with Crippen LogP contribution in [-0.4, -0.2) is 16.6 Å². The molecule has 4 heteroatoms. The Hall–Kier alpha value is -1.97. The van der Waals surface area contributed by atoms with Crippen LogP contribution in [0.2, 0.25) is 0 Å². The number of ketones is 2. The second kappa shape index (κ2) is 2.77. The van der Waals surface area contributed by atoms with Gasteiger partial charge in [0.25, 0.3) is 0 Å². The summed E-state index contributed by atoms with van der Waals surface area (Å²) in [5.41, 5.74) is 0.217. The molecule has 70 valence electrons. The van der Waals surface area contributed by atoms with Crippen LogP contribution in [0.1, 0.15) is 26.5 Å². The van der Waals surface area contributed by atoms with E-state index < -0.39 is 11.2 Å².